The SMILES string of the molecule is CN(C(=O)CCc1ncc(-c2ccc(F)cc2F)o1)c1nc2ccccc2o1. The molecule has 0 N–H and O–H groups in total. The van der Waals surface area contributed by atoms with E-state index in [4.69, 9.17) is 8.83 Å². The van der Waals surface area contributed by atoms with Crippen molar-refractivity contribution in [2.75, 3.05) is 11.9 Å². The van der Waals surface area contributed by atoms with E-state index in [9.17, 15) is 13.6 Å². The first kappa shape index (κ1) is 17.8. The molecule has 0 bridgehead atoms. The fraction of sp³-hybridized carbons (Fsp3) is 0.150. The van der Waals surface area contributed by atoms with Gasteiger partial charge in [0.2, 0.25) is 5.91 Å². The Morgan fingerprint density at radius 2 is 1.96 bits per heavy atom. The molecular formula is C20H15F2N3O3. The second kappa shape index (κ2) is 7.22. The summed E-state index contributed by atoms with van der Waals surface area (Å²) in [6, 6.07) is 10.6. The predicted molar refractivity (Wildman–Crippen MR) is 97.6 cm³/mol. The Labute approximate surface area is 158 Å². The maximum Gasteiger partial charge on any atom is 0.304 e. The monoisotopic (exact) mass is 383 g/mol. The minimum Gasteiger partial charge on any atom is -0.441 e. The third-order valence-corrected chi connectivity index (χ3v) is 4.25. The van der Waals surface area contributed by atoms with Gasteiger partial charge in [-0.25, -0.2) is 13.8 Å². The van der Waals surface area contributed by atoms with Crippen molar-refractivity contribution in [3.63, 3.8) is 0 Å². The number of nitrogens with zero attached hydrogens (tertiary/aromatic N) is 3. The van der Waals surface area contributed by atoms with E-state index in [-0.39, 0.29) is 42.0 Å². The molecule has 0 saturated carbocycles. The lowest BCUT2D eigenvalue weighted by molar-refractivity contribution is -0.118. The van der Waals surface area contributed by atoms with Gasteiger partial charge in [0.1, 0.15) is 17.2 Å². The van der Waals surface area contributed by atoms with Gasteiger partial charge in [-0.2, -0.15) is 4.98 Å². The van der Waals surface area contributed by atoms with E-state index in [1.165, 1.54) is 17.2 Å². The normalized spacial score (nSPS) is 11.1. The standard InChI is InChI=1S/C20H15F2N3O3/c1-25(20-24-15-4-2-3-5-16(15)28-20)19(26)9-8-18-23-11-17(27-18)13-7-6-12(21)10-14(13)22/h2-7,10-11H,8-9H2,1H3. The van der Waals surface area contributed by atoms with Gasteiger partial charge in [0.05, 0.1) is 11.8 Å². The van der Waals surface area contributed by atoms with Crippen LogP contribution in [0.5, 0.6) is 0 Å². The van der Waals surface area contributed by atoms with Crippen LogP contribution in [0.4, 0.5) is 14.8 Å². The molecule has 4 rings (SSSR count). The Morgan fingerprint density at radius 1 is 1.14 bits per heavy atom. The minimum atomic E-state index is -0.741. The van der Waals surface area contributed by atoms with Crippen molar-refractivity contribution < 1.29 is 22.4 Å². The third kappa shape index (κ3) is 3.48. The minimum absolute atomic E-state index is 0.0983. The first-order valence-electron chi connectivity index (χ1n) is 8.53. The van der Waals surface area contributed by atoms with Crippen LogP contribution in [0.1, 0.15) is 12.3 Å². The van der Waals surface area contributed by atoms with Crippen molar-refractivity contribution in [3.8, 4) is 11.3 Å². The molecule has 6 nitrogen and oxygen atoms in total. The molecule has 2 aromatic carbocycles. The number of halogens is 2. The van der Waals surface area contributed by atoms with Crippen LogP contribution in [0.2, 0.25) is 0 Å². The summed E-state index contributed by atoms with van der Waals surface area (Å²) < 4.78 is 37.9. The Balaban J connectivity index is 1.42. The van der Waals surface area contributed by atoms with Gasteiger partial charge in [-0.15, -0.1) is 0 Å². The van der Waals surface area contributed by atoms with Gasteiger partial charge in [0, 0.05) is 26.0 Å². The highest BCUT2D eigenvalue weighted by Gasteiger charge is 2.18. The van der Waals surface area contributed by atoms with Crippen LogP contribution in [-0.4, -0.2) is 22.9 Å². The lowest BCUT2D eigenvalue weighted by Gasteiger charge is -2.11. The molecule has 0 aliphatic rings. The van der Waals surface area contributed by atoms with Crippen molar-refractivity contribution in [2.45, 2.75) is 12.8 Å². The van der Waals surface area contributed by atoms with Gasteiger partial charge >= 0.3 is 6.01 Å². The molecule has 2 heterocycles. The van der Waals surface area contributed by atoms with E-state index in [1.807, 2.05) is 12.1 Å². The van der Waals surface area contributed by atoms with E-state index < -0.39 is 11.6 Å². The topological polar surface area (TPSA) is 72.4 Å². The molecule has 2 aromatic heterocycles. The van der Waals surface area contributed by atoms with Crippen molar-refractivity contribution >= 4 is 23.0 Å². The largest absolute Gasteiger partial charge is 0.441 e. The highest BCUT2D eigenvalue weighted by atomic mass is 19.1. The van der Waals surface area contributed by atoms with E-state index in [0.717, 1.165) is 12.1 Å². The number of rotatable bonds is 5. The second-order valence-electron chi connectivity index (χ2n) is 6.16. The number of oxazole rings is 2. The molecule has 0 saturated heterocycles. The predicted octanol–water partition coefficient (Wildman–Crippen LogP) is 4.36. The molecule has 0 aliphatic heterocycles. The zero-order valence-electron chi connectivity index (χ0n) is 14.9. The molecular weight excluding hydrogens is 368 g/mol. The Morgan fingerprint density at radius 3 is 2.75 bits per heavy atom. The van der Waals surface area contributed by atoms with Crippen LogP contribution in [0.3, 0.4) is 0 Å². The van der Waals surface area contributed by atoms with Crippen molar-refractivity contribution in [1.29, 1.82) is 0 Å². The molecule has 28 heavy (non-hydrogen) atoms. The van der Waals surface area contributed by atoms with Gasteiger partial charge in [-0.1, -0.05) is 12.1 Å². The molecule has 0 radical (unpaired) electrons. The number of anilines is 1. The molecule has 1 amide bonds. The highest BCUT2D eigenvalue weighted by Crippen LogP contribution is 2.25. The number of aromatic nitrogens is 2. The lowest BCUT2D eigenvalue weighted by atomic mass is 10.2. The average molecular weight is 383 g/mol. The summed E-state index contributed by atoms with van der Waals surface area (Å²) in [5.41, 5.74) is 1.36. The smallest absolute Gasteiger partial charge is 0.304 e. The first-order valence-corrected chi connectivity index (χ1v) is 8.53. The summed E-state index contributed by atoms with van der Waals surface area (Å²) >= 11 is 0. The van der Waals surface area contributed by atoms with Crippen molar-refractivity contribution in [2.24, 2.45) is 0 Å². The number of hydrogen-bond acceptors (Lipinski definition) is 5. The number of benzene rings is 2. The van der Waals surface area contributed by atoms with Crippen LogP contribution < -0.4 is 4.90 Å². The summed E-state index contributed by atoms with van der Waals surface area (Å²) in [4.78, 5) is 22.1. The van der Waals surface area contributed by atoms with E-state index in [0.29, 0.717) is 11.1 Å². The Kier molecular flexibility index (Phi) is 4.60. The van der Waals surface area contributed by atoms with Gasteiger partial charge < -0.3 is 8.83 Å². The third-order valence-electron chi connectivity index (χ3n) is 4.25. The summed E-state index contributed by atoms with van der Waals surface area (Å²) in [7, 11) is 1.57. The number of hydrogen-bond donors (Lipinski definition) is 0. The van der Waals surface area contributed by atoms with Crippen LogP contribution in [0.15, 0.2) is 57.5 Å². The zero-order chi connectivity index (χ0) is 19.7. The number of para-hydroxylation sites is 2. The molecule has 0 atom stereocenters. The molecule has 142 valence electrons. The fourth-order valence-corrected chi connectivity index (χ4v) is 2.73. The molecule has 4 aromatic rings. The summed E-state index contributed by atoms with van der Waals surface area (Å²) in [6.45, 7) is 0. The van der Waals surface area contributed by atoms with Crippen LogP contribution in [0.25, 0.3) is 22.4 Å². The summed E-state index contributed by atoms with van der Waals surface area (Å²) in [5, 5.41) is 0. The maximum atomic E-state index is 13.8. The summed E-state index contributed by atoms with van der Waals surface area (Å²) in [5.74, 6) is -1.20. The number of amides is 1. The van der Waals surface area contributed by atoms with Gasteiger partial charge in [0.15, 0.2) is 17.2 Å². The first-order chi connectivity index (χ1) is 13.5. The summed E-state index contributed by atoms with van der Waals surface area (Å²) in [6.07, 6.45) is 1.66. The number of fused-ring (bicyclic) bond motifs is 1. The second-order valence-corrected chi connectivity index (χ2v) is 6.16. The van der Waals surface area contributed by atoms with Crippen LogP contribution in [-0.2, 0) is 11.2 Å². The van der Waals surface area contributed by atoms with Gasteiger partial charge in [-0.05, 0) is 24.3 Å². The zero-order valence-corrected chi connectivity index (χ0v) is 14.9. The lowest BCUT2D eigenvalue weighted by Crippen LogP contribution is -2.26. The molecule has 8 heteroatoms. The Bertz CT molecular complexity index is 1120. The number of aryl methyl sites for hydroxylation is 1. The highest BCUT2D eigenvalue weighted by molar-refractivity contribution is 5.92. The molecule has 0 unspecified atom stereocenters. The van der Waals surface area contributed by atoms with Crippen LogP contribution in [0, 0.1) is 11.6 Å². The maximum absolute atomic E-state index is 13.8. The molecule has 0 spiro atoms. The number of carbonyl (C=O) groups excluding carboxylic acids is 1. The van der Waals surface area contributed by atoms with E-state index >= 15 is 0 Å². The molecule has 0 fully saturated rings. The van der Waals surface area contributed by atoms with Crippen LogP contribution >= 0.6 is 0 Å². The fourth-order valence-electron chi connectivity index (χ4n) is 2.73. The van der Waals surface area contributed by atoms with Gasteiger partial charge in [-0.3, -0.25) is 9.69 Å². The van der Waals surface area contributed by atoms with Gasteiger partial charge in [0.25, 0.3) is 0 Å². The number of carbonyl (C=O) groups is 1. The quantitative estimate of drug-likeness (QED) is 0.512. The Hall–Kier alpha value is -3.55. The van der Waals surface area contributed by atoms with Crippen molar-refractivity contribution in [1.82, 2.24) is 9.97 Å². The van der Waals surface area contributed by atoms with E-state index in [2.05, 4.69) is 9.97 Å². The van der Waals surface area contributed by atoms with Crippen molar-refractivity contribution in [3.05, 3.63) is 66.2 Å². The average Bonchev–Trinajstić information content (AvgIpc) is 3.32. The molecule has 0 aliphatic carbocycles. The van der Waals surface area contributed by atoms with E-state index in [1.54, 1.807) is 19.2 Å².